The molecular weight excluding hydrogens is 495 g/mol. The van der Waals surface area contributed by atoms with E-state index in [2.05, 4.69) is 25.7 Å². The van der Waals surface area contributed by atoms with Crippen molar-refractivity contribution in [2.24, 2.45) is 4.99 Å². The molecule has 0 aliphatic heterocycles. The molecule has 2 heterocycles. The predicted molar refractivity (Wildman–Crippen MR) is 128 cm³/mol. The van der Waals surface area contributed by atoms with Crippen LogP contribution in [-0.4, -0.2) is 41.5 Å². The third-order valence-electron chi connectivity index (χ3n) is 4.22. The van der Waals surface area contributed by atoms with Crippen molar-refractivity contribution >= 4 is 29.9 Å². The summed E-state index contributed by atoms with van der Waals surface area (Å²) in [5.41, 5.74) is 2.12. The van der Waals surface area contributed by atoms with Gasteiger partial charge >= 0.3 is 0 Å². The highest BCUT2D eigenvalue weighted by atomic mass is 127. The van der Waals surface area contributed by atoms with Crippen LogP contribution in [-0.2, 0) is 13.1 Å². The molecule has 8 nitrogen and oxygen atoms in total. The Hall–Kier alpha value is -2.82. The number of aromatic nitrogens is 3. The normalized spacial score (nSPS) is 10.8. The van der Waals surface area contributed by atoms with E-state index in [0.717, 1.165) is 29.4 Å². The molecule has 0 radical (unpaired) electrons. The predicted octanol–water partition coefficient (Wildman–Crippen LogP) is 3.16. The highest BCUT2D eigenvalue weighted by Crippen LogP contribution is 2.27. The molecule has 2 N–H and O–H groups in total. The van der Waals surface area contributed by atoms with E-state index >= 15 is 0 Å². The standard InChI is InChI=1S/C21H26N6O2.HI/c1-4-22-21(24-14-16-6-7-18(28-2)19(12-16)29-3)25-15-17-8-10-23-20(13-17)27-11-5-9-26-27;/h5-13H,4,14-15H2,1-3H3,(H2,22,24,25);1H. The Labute approximate surface area is 193 Å². The zero-order chi connectivity index (χ0) is 20.5. The Morgan fingerprint density at radius 3 is 2.57 bits per heavy atom. The van der Waals surface area contributed by atoms with Gasteiger partial charge in [-0.15, -0.1) is 24.0 Å². The number of pyridine rings is 1. The summed E-state index contributed by atoms with van der Waals surface area (Å²) in [7, 11) is 3.25. The summed E-state index contributed by atoms with van der Waals surface area (Å²) in [5.74, 6) is 2.92. The highest BCUT2D eigenvalue weighted by Gasteiger charge is 2.05. The number of benzene rings is 1. The lowest BCUT2D eigenvalue weighted by atomic mass is 10.2. The van der Waals surface area contributed by atoms with Gasteiger partial charge in [-0.05, 0) is 48.4 Å². The molecule has 0 saturated heterocycles. The van der Waals surface area contributed by atoms with Gasteiger partial charge in [0, 0.05) is 31.7 Å². The van der Waals surface area contributed by atoms with Gasteiger partial charge in [-0.2, -0.15) is 5.10 Å². The first-order chi connectivity index (χ1) is 14.2. The van der Waals surface area contributed by atoms with Crippen molar-refractivity contribution in [2.75, 3.05) is 20.8 Å². The molecule has 9 heteroatoms. The van der Waals surface area contributed by atoms with Gasteiger partial charge in [0.15, 0.2) is 23.3 Å². The summed E-state index contributed by atoms with van der Waals surface area (Å²) >= 11 is 0. The number of hydrogen-bond donors (Lipinski definition) is 2. The molecule has 30 heavy (non-hydrogen) atoms. The van der Waals surface area contributed by atoms with Gasteiger partial charge in [-0.3, -0.25) is 0 Å². The first kappa shape index (κ1) is 23.5. The van der Waals surface area contributed by atoms with Crippen molar-refractivity contribution in [3.05, 3.63) is 66.1 Å². The molecule has 0 atom stereocenters. The molecule has 3 rings (SSSR count). The molecule has 0 spiro atoms. The third-order valence-corrected chi connectivity index (χ3v) is 4.22. The van der Waals surface area contributed by atoms with Crippen molar-refractivity contribution in [3.63, 3.8) is 0 Å². The smallest absolute Gasteiger partial charge is 0.191 e. The zero-order valence-electron chi connectivity index (χ0n) is 17.3. The Balaban J connectivity index is 0.00000320. The van der Waals surface area contributed by atoms with Crippen molar-refractivity contribution < 1.29 is 9.47 Å². The highest BCUT2D eigenvalue weighted by molar-refractivity contribution is 14.0. The van der Waals surface area contributed by atoms with Crippen LogP contribution in [0.3, 0.4) is 0 Å². The second-order valence-corrected chi connectivity index (χ2v) is 6.21. The molecule has 0 amide bonds. The van der Waals surface area contributed by atoms with Gasteiger partial charge in [0.2, 0.25) is 0 Å². The summed E-state index contributed by atoms with van der Waals surface area (Å²) in [5, 5.41) is 10.8. The lowest BCUT2D eigenvalue weighted by molar-refractivity contribution is 0.354. The van der Waals surface area contributed by atoms with Crippen LogP contribution in [0.15, 0.2) is 60.0 Å². The van der Waals surface area contributed by atoms with Gasteiger partial charge in [0.05, 0.1) is 20.8 Å². The Morgan fingerprint density at radius 1 is 1.03 bits per heavy atom. The number of nitrogens with one attached hydrogen (secondary N) is 2. The van der Waals surface area contributed by atoms with Gasteiger partial charge in [0.1, 0.15) is 0 Å². The average molecular weight is 522 g/mol. The van der Waals surface area contributed by atoms with Crippen LogP contribution < -0.4 is 20.1 Å². The number of aliphatic imine (C=N–C) groups is 1. The SMILES string of the molecule is CCNC(=NCc1ccc(OC)c(OC)c1)NCc1ccnc(-n2cccn2)c1.I. The van der Waals surface area contributed by atoms with E-state index in [4.69, 9.17) is 9.47 Å². The van der Waals surface area contributed by atoms with Crippen LogP contribution in [0.5, 0.6) is 11.5 Å². The summed E-state index contributed by atoms with van der Waals surface area (Å²) in [6, 6.07) is 11.6. The molecule has 160 valence electrons. The van der Waals surface area contributed by atoms with E-state index < -0.39 is 0 Å². The lowest BCUT2D eigenvalue weighted by Crippen LogP contribution is -2.36. The fourth-order valence-corrected chi connectivity index (χ4v) is 2.78. The largest absolute Gasteiger partial charge is 0.493 e. The van der Waals surface area contributed by atoms with Gasteiger partial charge < -0.3 is 20.1 Å². The third kappa shape index (κ3) is 6.34. The summed E-state index contributed by atoms with van der Waals surface area (Å²) in [4.78, 5) is 9.02. The number of hydrogen-bond acceptors (Lipinski definition) is 5. The topological polar surface area (TPSA) is 85.6 Å². The van der Waals surface area contributed by atoms with E-state index in [9.17, 15) is 0 Å². The number of rotatable bonds is 8. The summed E-state index contributed by atoms with van der Waals surface area (Å²) in [6.07, 6.45) is 5.38. The van der Waals surface area contributed by atoms with E-state index in [1.165, 1.54) is 0 Å². The lowest BCUT2D eigenvalue weighted by Gasteiger charge is -2.12. The Morgan fingerprint density at radius 2 is 1.87 bits per heavy atom. The number of guanidine groups is 1. The molecule has 3 aromatic rings. The van der Waals surface area contributed by atoms with E-state index in [1.54, 1.807) is 31.3 Å². The molecule has 0 fully saturated rings. The Bertz CT molecular complexity index is 946. The van der Waals surface area contributed by atoms with E-state index in [0.29, 0.717) is 24.6 Å². The maximum Gasteiger partial charge on any atom is 0.191 e. The second-order valence-electron chi connectivity index (χ2n) is 6.21. The van der Waals surface area contributed by atoms with Crippen LogP contribution in [0.25, 0.3) is 5.82 Å². The minimum atomic E-state index is 0. The minimum Gasteiger partial charge on any atom is -0.493 e. The maximum absolute atomic E-state index is 5.36. The number of halogens is 1. The number of ether oxygens (including phenoxy) is 2. The van der Waals surface area contributed by atoms with Gasteiger partial charge in [-0.1, -0.05) is 6.07 Å². The van der Waals surface area contributed by atoms with Crippen LogP contribution in [0.4, 0.5) is 0 Å². The van der Waals surface area contributed by atoms with Crippen LogP contribution in [0.1, 0.15) is 18.1 Å². The van der Waals surface area contributed by atoms with Crippen molar-refractivity contribution in [2.45, 2.75) is 20.0 Å². The Kier molecular flexibility index (Phi) is 9.39. The molecule has 0 bridgehead atoms. The first-order valence-corrected chi connectivity index (χ1v) is 9.41. The molecule has 0 aliphatic carbocycles. The van der Waals surface area contributed by atoms with Gasteiger partial charge in [0.25, 0.3) is 0 Å². The molecular formula is C21H27IN6O2. The molecule has 1 aromatic carbocycles. The number of methoxy groups -OCH3 is 2. The summed E-state index contributed by atoms with van der Waals surface area (Å²) in [6.45, 7) is 3.95. The molecule has 0 saturated carbocycles. The second kappa shape index (κ2) is 12.0. The van der Waals surface area contributed by atoms with Gasteiger partial charge in [-0.25, -0.2) is 14.7 Å². The van der Waals surface area contributed by atoms with E-state index in [1.807, 2.05) is 49.5 Å². The molecule has 0 aliphatic rings. The fourth-order valence-electron chi connectivity index (χ4n) is 2.78. The fraction of sp³-hybridized carbons (Fsp3) is 0.286. The average Bonchev–Trinajstić information content (AvgIpc) is 3.30. The van der Waals surface area contributed by atoms with Crippen LogP contribution in [0, 0.1) is 0 Å². The van der Waals surface area contributed by atoms with Crippen LogP contribution in [0.2, 0.25) is 0 Å². The maximum atomic E-state index is 5.36. The van der Waals surface area contributed by atoms with Crippen molar-refractivity contribution in [1.29, 1.82) is 0 Å². The van der Waals surface area contributed by atoms with Crippen molar-refractivity contribution in [1.82, 2.24) is 25.4 Å². The number of nitrogens with zero attached hydrogens (tertiary/aromatic N) is 4. The minimum absolute atomic E-state index is 0. The molecule has 0 unspecified atom stereocenters. The van der Waals surface area contributed by atoms with Crippen molar-refractivity contribution in [3.8, 4) is 17.3 Å². The first-order valence-electron chi connectivity index (χ1n) is 9.41. The van der Waals surface area contributed by atoms with E-state index in [-0.39, 0.29) is 24.0 Å². The molecule has 2 aromatic heterocycles. The zero-order valence-corrected chi connectivity index (χ0v) is 19.7. The van der Waals surface area contributed by atoms with Crippen LogP contribution >= 0.6 is 24.0 Å². The summed E-state index contributed by atoms with van der Waals surface area (Å²) < 4.78 is 12.4. The quantitative estimate of drug-likeness (QED) is 0.269. The monoisotopic (exact) mass is 522 g/mol.